The lowest BCUT2D eigenvalue weighted by atomic mass is 9.98. The van der Waals surface area contributed by atoms with E-state index in [2.05, 4.69) is 5.32 Å². The molecule has 0 radical (unpaired) electrons. The Morgan fingerprint density at radius 2 is 2.06 bits per heavy atom. The van der Waals surface area contributed by atoms with E-state index in [1.165, 1.54) is 24.9 Å². The SMILES string of the molecule is Cn1cc(C(=O)C2CCCCN2)c(=O)n(C)c1=O. The van der Waals surface area contributed by atoms with Crippen LogP contribution < -0.4 is 16.6 Å². The zero-order valence-electron chi connectivity index (χ0n) is 10.6. The van der Waals surface area contributed by atoms with E-state index < -0.39 is 11.2 Å². The van der Waals surface area contributed by atoms with Crippen molar-refractivity contribution in [2.45, 2.75) is 25.3 Å². The van der Waals surface area contributed by atoms with E-state index in [9.17, 15) is 14.4 Å². The van der Waals surface area contributed by atoms with Gasteiger partial charge in [0.05, 0.1) is 6.04 Å². The smallest absolute Gasteiger partial charge is 0.307 e. The largest absolute Gasteiger partial charge is 0.330 e. The highest BCUT2D eigenvalue weighted by Crippen LogP contribution is 2.10. The van der Waals surface area contributed by atoms with Crippen LogP contribution >= 0.6 is 0 Å². The number of aryl methyl sites for hydroxylation is 1. The molecule has 0 saturated carbocycles. The average molecular weight is 251 g/mol. The number of hydrogen-bond donors (Lipinski definition) is 1. The van der Waals surface area contributed by atoms with Gasteiger partial charge in [0.15, 0.2) is 5.78 Å². The summed E-state index contributed by atoms with van der Waals surface area (Å²) >= 11 is 0. The molecule has 0 amide bonds. The number of nitrogens with zero attached hydrogens (tertiary/aromatic N) is 2. The zero-order valence-corrected chi connectivity index (χ0v) is 10.6. The molecule has 0 aromatic carbocycles. The van der Waals surface area contributed by atoms with E-state index >= 15 is 0 Å². The van der Waals surface area contributed by atoms with Crippen LogP contribution in [-0.2, 0) is 14.1 Å². The Labute approximate surface area is 104 Å². The van der Waals surface area contributed by atoms with Gasteiger partial charge in [-0.25, -0.2) is 4.79 Å². The lowest BCUT2D eigenvalue weighted by Gasteiger charge is -2.22. The number of piperidine rings is 1. The highest BCUT2D eigenvalue weighted by atomic mass is 16.2. The number of aromatic nitrogens is 2. The van der Waals surface area contributed by atoms with Gasteiger partial charge in [0.2, 0.25) is 0 Å². The summed E-state index contributed by atoms with van der Waals surface area (Å²) in [5.74, 6) is -0.217. The van der Waals surface area contributed by atoms with Gasteiger partial charge in [0.1, 0.15) is 5.56 Å². The molecule has 1 aromatic heterocycles. The predicted molar refractivity (Wildman–Crippen MR) is 66.9 cm³/mol. The van der Waals surface area contributed by atoms with Gasteiger partial charge in [-0.3, -0.25) is 14.2 Å². The summed E-state index contributed by atoms with van der Waals surface area (Å²) in [6, 6.07) is -0.302. The summed E-state index contributed by atoms with van der Waals surface area (Å²) in [6.07, 6.45) is 4.11. The summed E-state index contributed by atoms with van der Waals surface area (Å²) in [6.45, 7) is 0.794. The normalized spacial score (nSPS) is 19.8. The van der Waals surface area contributed by atoms with Crippen molar-refractivity contribution >= 4 is 5.78 Å². The van der Waals surface area contributed by atoms with Crippen LogP contribution in [0.2, 0.25) is 0 Å². The van der Waals surface area contributed by atoms with Crippen LogP contribution in [0, 0.1) is 0 Å². The quantitative estimate of drug-likeness (QED) is 0.713. The molecule has 6 nitrogen and oxygen atoms in total. The summed E-state index contributed by atoms with van der Waals surface area (Å²) in [4.78, 5) is 35.7. The van der Waals surface area contributed by atoms with E-state index in [-0.39, 0.29) is 17.4 Å². The monoisotopic (exact) mass is 251 g/mol. The van der Waals surface area contributed by atoms with E-state index in [1.807, 2.05) is 0 Å². The first-order valence-electron chi connectivity index (χ1n) is 6.06. The third-order valence-corrected chi connectivity index (χ3v) is 3.34. The summed E-state index contributed by atoms with van der Waals surface area (Å²) in [5, 5.41) is 3.11. The van der Waals surface area contributed by atoms with Crippen molar-refractivity contribution < 1.29 is 4.79 Å². The van der Waals surface area contributed by atoms with Crippen LogP contribution in [0.4, 0.5) is 0 Å². The molecule has 2 rings (SSSR count). The van der Waals surface area contributed by atoms with Crippen LogP contribution in [0.1, 0.15) is 29.6 Å². The van der Waals surface area contributed by atoms with Crippen LogP contribution in [0.25, 0.3) is 0 Å². The Balaban J connectivity index is 2.42. The first-order chi connectivity index (χ1) is 8.52. The van der Waals surface area contributed by atoms with Gasteiger partial charge in [-0.1, -0.05) is 6.42 Å². The Bertz CT molecular complexity index is 579. The maximum Gasteiger partial charge on any atom is 0.330 e. The number of rotatable bonds is 2. The van der Waals surface area contributed by atoms with Crippen LogP contribution in [0.5, 0.6) is 0 Å². The molecule has 1 N–H and O–H groups in total. The van der Waals surface area contributed by atoms with E-state index in [1.54, 1.807) is 0 Å². The number of hydrogen-bond acceptors (Lipinski definition) is 4. The zero-order chi connectivity index (χ0) is 13.3. The van der Waals surface area contributed by atoms with E-state index in [4.69, 9.17) is 0 Å². The molecule has 1 fully saturated rings. The minimum atomic E-state index is -0.518. The predicted octanol–water partition coefficient (Wildman–Crippen LogP) is -0.591. The number of carbonyl (C=O) groups is 1. The maximum absolute atomic E-state index is 12.2. The van der Waals surface area contributed by atoms with Gasteiger partial charge in [0.25, 0.3) is 5.56 Å². The minimum Gasteiger partial charge on any atom is -0.307 e. The molecule has 0 bridgehead atoms. The molecule has 1 aliphatic rings. The van der Waals surface area contributed by atoms with Crippen molar-refractivity contribution in [3.05, 3.63) is 32.6 Å². The molecule has 2 heterocycles. The fourth-order valence-electron chi connectivity index (χ4n) is 2.24. The molecular formula is C12H17N3O3. The van der Waals surface area contributed by atoms with E-state index in [0.717, 1.165) is 30.4 Å². The van der Waals surface area contributed by atoms with Gasteiger partial charge in [-0.05, 0) is 19.4 Å². The minimum absolute atomic E-state index is 0.0824. The molecule has 18 heavy (non-hydrogen) atoms. The first-order valence-corrected chi connectivity index (χ1v) is 6.06. The highest BCUT2D eigenvalue weighted by Gasteiger charge is 2.25. The van der Waals surface area contributed by atoms with Crippen LogP contribution in [0.15, 0.2) is 15.8 Å². The second-order valence-corrected chi connectivity index (χ2v) is 4.67. The van der Waals surface area contributed by atoms with Gasteiger partial charge in [0, 0.05) is 20.3 Å². The average Bonchev–Trinajstić information content (AvgIpc) is 2.41. The summed E-state index contributed by atoms with van der Waals surface area (Å²) in [7, 11) is 2.92. The molecule has 0 aliphatic carbocycles. The van der Waals surface area contributed by atoms with Crippen molar-refractivity contribution in [1.82, 2.24) is 14.5 Å². The lowest BCUT2D eigenvalue weighted by Crippen LogP contribution is -2.45. The first kappa shape index (κ1) is 12.8. The molecule has 1 saturated heterocycles. The maximum atomic E-state index is 12.2. The van der Waals surface area contributed by atoms with Gasteiger partial charge in [-0.15, -0.1) is 0 Å². The van der Waals surface area contributed by atoms with Gasteiger partial charge in [-0.2, -0.15) is 0 Å². The molecule has 0 spiro atoms. The Morgan fingerprint density at radius 1 is 1.33 bits per heavy atom. The number of nitrogens with one attached hydrogen (secondary N) is 1. The Morgan fingerprint density at radius 3 is 2.67 bits per heavy atom. The van der Waals surface area contributed by atoms with Crippen LogP contribution in [0.3, 0.4) is 0 Å². The van der Waals surface area contributed by atoms with Crippen molar-refractivity contribution in [2.24, 2.45) is 14.1 Å². The van der Waals surface area contributed by atoms with Crippen molar-refractivity contribution in [1.29, 1.82) is 0 Å². The second kappa shape index (κ2) is 4.89. The van der Waals surface area contributed by atoms with Crippen LogP contribution in [-0.4, -0.2) is 27.5 Å². The lowest BCUT2D eigenvalue weighted by molar-refractivity contribution is 0.0924. The molecule has 1 atom stereocenters. The summed E-state index contributed by atoms with van der Waals surface area (Å²) < 4.78 is 2.23. The fourth-order valence-corrected chi connectivity index (χ4v) is 2.24. The Hall–Kier alpha value is -1.69. The number of Topliss-reactive ketones (excluding diaryl/α,β-unsaturated/α-hetero) is 1. The molecule has 1 aliphatic heterocycles. The van der Waals surface area contributed by atoms with Gasteiger partial charge >= 0.3 is 5.69 Å². The molecule has 98 valence electrons. The van der Waals surface area contributed by atoms with Crippen molar-refractivity contribution in [2.75, 3.05) is 6.54 Å². The summed E-state index contributed by atoms with van der Waals surface area (Å²) in [5.41, 5.74) is -0.859. The van der Waals surface area contributed by atoms with Gasteiger partial charge < -0.3 is 9.88 Å². The number of carbonyl (C=O) groups excluding carboxylic acids is 1. The van der Waals surface area contributed by atoms with Crippen molar-refractivity contribution in [3.63, 3.8) is 0 Å². The number of ketones is 1. The molecule has 6 heteroatoms. The molecule has 1 unspecified atom stereocenters. The Kier molecular flexibility index (Phi) is 3.47. The van der Waals surface area contributed by atoms with Crippen molar-refractivity contribution in [3.8, 4) is 0 Å². The molecular weight excluding hydrogens is 234 g/mol. The fraction of sp³-hybridized carbons (Fsp3) is 0.583. The standard InChI is InChI=1S/C12H17N3O3/c1-14-7-8(11(17)15(2)12(14)18)10(16)9-5-3-4-6-13-9/h7,9,13H,3-6H2,1-2H3. The van der Waals surface area contributed by atoms with E-state index in [0.29, 0.717) is 0 Å². The second-order valence-electron chi connectivity index (χ2n) is 4.67. The molecule has 1 aromatic rings. The third kappa shape index (κ3) is 2.15. The topological polar surface area (TPSA) is 73.1 Å². The third-order valence-electron chi connectivity index (χ3n) is 3.34. The highest BCUT2D eigenvalue weighted by molar-refractivity contribution is 5.99.